The summed E-state index contributed by atoms with van der Waals surface area (Å²) in [6.45, 7) is 9.56. The second-order valence-electron chi connectivity index (χ2n) is 11.4. The summed E-state index contributed by atoms with van der Waals surface area (Å²) >= 11 is 0. The Morgan fingerprint density at radius 3 is 1.85 bits per heavy atom. The first-order chi connectivity index (χ1) is 19.3. The van der Waals surface area contributed by atoms with E-state index in [2.05, 4.69) is 81.2 Å². The van der Waals surface area contributed by atoms with Gasteiger partial charge in [-0.2, -0.15) is 0 Å². The molecule has 40 heavy (non-hydrogen) atoms. The lowest BCUT2D eigenvalue weighted by atomic mass is 10.1. The van der Waals surface area contributed by atoms with Crippen LogP contribution in [-0.2, 0) is 0 Å². The number of nitrogens with zero attached hydrogens (tertiary/aromatic N) is 1. The number of aromatic nitrogens is 1. The highest BCUT2D eigenvalue weighted by molar-refractivity contribution is 7.00. The molecule has 0 aliphatic rings. The van der Waals surface area contributed by atoms with Gasteiger partial charge in [0.1, 0.15) is 17.2 Å². The van der Waals surface area contributed by atoms with Crippen molar-refractivity contribution < 1.29 is 13.6 Å². The monoisotopic (exact) mass is 555 g/mol. The molecular formula is C35H42FNO2Si. The SMILES string of the molecule is CCCCCCCCOc1cnc(-c2ccc(O[Si](c3ccccc3)(c3ccccc3)C(C)(C)C)cc2)c(F)c1. The van der Waals surface area contributed by atoms with E-state index in [1.165, 1.54) is 42.1 Å². The lowest BCUT2D eigenvalue weighted by Gasteiger charge is -2.43. The quantitative estimate of drug-likeness (QED) is 0.122. The zero-order chi connectivity index (χ0) is 28.4. The average molecular weight is 556 g/mol. The van der Waals surface area contributed by atoms with Crippen molar-refractivity contribution in [1.29, 1.82) is 0 Å². The number of unbranched alkanes of at least 4 members (excludes halogenated alkanes) is 5. The van der Waals surface area contributed by atoms with Crippen LogP contribution in [0.2, 0.25) is 5.04 Å². The van der Waals surface area contributed by atoms with Crippen molar-refractivity contribution in [3.05, 3.63) is 103 Å². The molecule has 0 bridgehead atoms. The number of pyridine rings is 1. The van der Waals surface area contributed by atoms with Gasteiger partial charge in [0.05, 0.1) is 12.8 Å². The fraction of sp³-hybridized carbons (Fsp3) is 0.343. The number of hydrogen-bond acceptors (Lipinski definition) is 3. The number of ether oxygens (including phenoxy) is 1. The van der Waals surface area contributed by atoms with Crippen LogP contribution in [0.4, 0.5) is 4.39 Å². The van der Waals surface area contributed by atoms with Crippen molar-refractivity contribution in [2.45, 2.75) is 71.3 Å². The first-order valence-electron chi connectivity index (χ1n) is 14.5. The van der Waals surface area contributed by atoms with Crippen LogP contribution in [0.15, 0.2) is 97.2 Å². The molecule has 4 aromatic rings. The molecule has 0 saturated heterocycles. The highest BCUT2D eigenvalue weighted by Gasteiger charge is 2.52. The Kier molecular flexibility index (Phi) is 10.2. The van der Waals surface area contributed by atoms with E-state index in [0.717, 1.165) is 18.6 Å². The van der Waals surface area contributed by atoms with E-state index in [4.69, 9.17) is 9.16 Å². The zero-order valence-electron chi connectivity index (χ0n) is 24.3. The predicted octanol–water partition coefficient (Wildman–Crippen LogP) is 8.57. The van der Waals surface area contributed by atoms with Gasteiger partial charge in [-0.05, 0) is 46.1 Å². The topological polar surface area (TPSA) is 31.4 Å². The molecule has 0 aliphatic heterocycles. The Balaban J connectivity index is 1.52. The fourth-order valence-corrected chi connectivity index (χ4v) is 9.71. The van der Waals surface area contributed by atoms with Crippen molar-refractivity contribution in [3.63, 3.8) is 0 Å². The van der Waals surface area contributed by atoms with Crippen molar-refractivity contribution >= 4 is 18.7 Å². The third-order valence-corrected chi connectivity index (χ3v) is 12.3. The van der Waals surface area contributed by atoms with E-state index in [-0.39, 0.29) is 10.9 Å². The summed E-state index contributed by atoms with van der Waals surface area (Å²) in [6.07, 6.45) is 8.73. The van der Waals surface area contributed by atoms with Gasteiger partial charge in [0.25, 0.3) is 0 Å². The van der Waals surface area contributed by atoms with Crippen molar-refractivity contribution in [2.75, 3.05) is 6.61 Å². The molecule has 0 spiro atoms. The van der Waals surface area contributed by atoms with E-state index in [1.807, 2.05) is 36.4 Å². The number of halogens is 1. The third-order valence-electron chi connectivity index (χ3n) is 7.40. The van der Waals surface area contributed by atoms with Gasteiger partial charge in [-0.1, -0.05) is 120 Å². The van der Waals surface area contributed by atoms with E-state index in [9.17, 15) is 0 Å². The first-order valence-corrected chi connectivity index (χ1v) is 16.4. The molecule has 0 fully saturated rings. The lowest BCUT2D eigenvalue weighted by molar-refractivity contribution is 0.301. The van der Waals surface area contributed by atoms with Crippen LogP contribution in [0.1, 0.15) is 66.2 Å². The van der Waals surface area contributed by atoms with Crippen LogP contribution < -0.4 is 19.5 Å². The predicted molar refractivity (Wildman–Crippen MR) is 167 cm³/mol. The summed E-state index contributed by atoms with van der Waals surface area (Å²) in [7, 11) is -2.74. The first kappa shape index (κ1) is 29.5. The summed E-state index contributed by atoms with van der Waals surface area (Å²) in [4.78, 5) is 4.39. The van der Waals surface area contributed by atoms with Gasteiger partial charge in [0.15, 0.2) is 5.82 Å². The van der Waals surface area contributed by atoms with Crippen LogP contribution >= 0.6 is 0 Å². The molecule has 3 aromatic carbocycles. The van der Waals surface area contributed by atoms with Gasteiger partial charge in [-0.3, -0.25) is 0 Å². The largest absolute Gasteiger partial charge is 0.534 e. The molecule has 210 valence electrons. The van der Waals surface area contributed by atoms with Gasteiger partial charge in [0.2, 0.25) is 0 Å². The summed E-state index contributed by atoms with van der Waals surface area (Å²) in [5, 5.41) is 2.27. The van der Waals surface area contributed by atoms with E-state index >= 15 is 4.39 Å². The maximum atomic E-state index is 15.1. The minimum atomic E-state index is -2.74. The molecule has 0 aliphatic carbocycles. The Morgan fingerprint density at radius 1 is 0.725 bits per heavy atom. The molecule has 0 radical (unpaired) electrons. The highest BCUT2D eigenvalue weighted by atomic mass is 28.4. The minimum Gasteiger partial charge on any atom is -0.534 e. The van der Waals surface area contributed by atoms with Crippen LogP contribution in [-0.4, -0.2) is 19.9 Å². The molecule has 5 heteroatoms. The summed E-state index contributed by atoms with van der Waals surface area (Å²) in [5.74, 6) is 0.847. The number of hydrogen-bond donors (Lipinski definition) is 0. The second-order valence-corrected chi connectivity index (χ2v) is 15.6. The van der Waals surface area contributed by atoms with Crippen molar-refractivity contribution in [3.8, 4) is 22.8 Å². The summed E-state index contributed by atoms with van der Waals surface area (Å²) in [6, 6.07) is 30.2. The maximum Gasteiger partial charge on any atom is 0.319 e. The molecule has 0 N–H and O–H groups in total. The average Bonchev–Trinajstić information content (AvgIpc) is 2.96. The molecular weight excluding hydrogens is 513 g/mol. The third kappa shape index (κ3) is 7.00. The lowest BCUT2D eigenvalue weighted by Crippen LogP contribution is -2.68. The summed E-state index contributed by atoms with van der Waals surface area (Å²) < 4.78 is 27.9. The molecule has 3 nitrogen and oxygen atoms in total. The fourth-order valence-electron chi connectivity index (χ4n) is 5.29. The van der Waals surface area contributed by atoms with Gasteiger partial charge >= 0.3 is 8.32 Å². The maximum absolute atomic E-state index is 15.1. The number of rotatable bonds is 13. The van der Waals surface area contributed by atoms with E-state index < -0.39 is 8.32 Å². The van der Waals surface area contributed by atoms with Crippen LogP contribution in [0.3, 0.4) is 0 Å². The van der Waals surface area contributed by atoms with Gasteiger partial charge in [0, 0.05) is 11.6 Å². The van der Waals surface area contributed by atoms with E-state index in [1.54, 1.807) is 6.20 Å². The van der Waals surface area contributed by atoms with Crippen LogP contribution in [0, 0.1) is 5.82 Å². The Morgan fingerprint density at radius 2 is 1.30 bits per heavy atom. The highest BCUT2D eigenvalue weighted by Crippen LogP contribution is 2.38. The summed E-state index contributed by atoms with van der Waals surface area (Å²) in [5.41, 5.74) is 1.01. The second kappa shape index (κ2) is 13.8. The van der Waals surface area contributed by atoms with Gasteiger partial charge < -0.3 is 9.16 Å². The Hall–Kier alpha value is -3.44. The molecule has 1 aromatic heterocycles. The minimum absolute atomic E-state index is 0.145. The standard InChI is InChI=1S/C35H42FNO2Si/c1-5-6-7-8-9-16-25-38-30-26-33(36)34(37-27-30)28-21-23-29(24-22-28)39-40(35(2,3)4,31-17-12-10-13-18-31)32-19-14-11-15-20-32/h10-15,17-24,26-27H,5-9,16,25H2,1-4H3. The molecule has 0 amide bonds. The van der Waals surface area contributed by atoms with Gasteiger partial charge in [-0.25, -0.2) is 9.37 Å². The van der Waals surface area contributed by atoms with Crippen molar-refractivity contribution in [2.24, 2.45) is 0 Å². The normalized spacial score (nSPS) is 11.8. The molecule has 0 atom stereocenters. The smallest absolute Gasteiger partial charge is 0.319 e. The Labute approximate surface area is 240 Å². The van der Waals surface area contributed by atoms with Crippen molar-refractivity contribution in [1.82, 2.24) is 4.98 Å². The Bertz CT molecular complexity index is 1280. The molecule has 0 saturated carbocycles. The molecule has 4 rings (SSSR count). The zero-order valence-corrected chi connectivity index (χ0v) is 25.3. The van der Waals surface area contributed by atoms with Gasteiger partial charge in [-0.15, -0.1) is 0 Å². The molecule has 1 heterocycles. The number of benzene rings is 3. The van der Waals surface area contributed by atoms with Crippen LogP contribution in [0.5, 0.6) is 11.5 Å². The van der Waals surface area contributed by atoms with Crippen LogP contribution in [0.25, 0.3) is 11.3 Å². The molecule has 0 unspecified atom stereocenters. The van der Waals surface area contributed by atoms with E-state index in [0.29, 0.717) is 23.6 Å².